The molecule has 2 atom stereocenters. The summed E-state index contributed by atoms with van der Waals surface area (Å²) >= 11 is 12.2. The second kappa shape index (κ2) is 6.64. The lowest BCUT2D eigenvalue weighted by atomic mass is 9.97. The van der Waals surface area contributed by atoms with Crippen LogP contribution in [0, 0.1) is 0 Å². The highest BCUT2D eigenvalue weighted by molar-refractivity contribution is 6.37. The number of halogens is 2. The maximum Gasteiger partial charge on any atom is 0.247 e. The highest BCUT2D eigenvalue weighted by Crippen LogP contribution is 2.26. The number of carbonyl (C=O) groups is 1. The lowest BCUT2D eigenvalue weighted by molar-refractivity contribution is -0.131. The maximum absolute atomic E-state index is 12.4. The van der Waals surface area contributed by atoms with E-state index in [4.69, 9.17) is 23.2 Å². The van der Waals surface area contributed by atoms with E-state index >= 15 is 0 Å². The Balaban J connectivity index is 2.16. The predicted octanol–water partition coefficient (Wildman–Crippen LogP) is 4.80. The largest absolute Gasteiger partial charge is 0.334 e. The van der Waals surface area contributed by atoms with Gasteiger partial charge < -0.3 is 4.90 Å². The lowest BCUT2D eigenvalue weighted by Gasteiger charge is -2.38. The van der Waals surface area contributed by atoms with E-state index in [0.29, 0.717) is 15.6 Å². The smallest absolute Gasteiger partial charge is 0.247 e. The predicted molar refractivity (Wildman–Crippen MR) is 85.1 cm³/mol. The second-order valence-corrected chi connectivity index (χ2v) is 6.16. The van der Waals surface area contributed by atoms with Crippen LogP contribution in [0.4, 0.5) is 0 Å². The van der Waals surface area contributed by atoms with Crippen molar-refractivity contribution in [1.29, 1.82) is 0 Å². The average molecular weight is 312 g/mol. The van der Waals surface area contributed by atoms with Gasteiger partial charge in [0.05, 0.1) is 0 Å². The zero-order chi connectivity index (χ0) is 14.7. The van der Waals surface area contributed by atoms with Gasteiger partial charge in [-0.2, -0.15) is 0 Å². The summed E-state index contributed by atoms with van der Waals surface area (Å²) < 4.78 is 0. The molecule has 0 radical (unpaired) electrons. The lowest BCUT2D eigenvalue weighted by Crippen LogP contribution is -2.46. The Morgan fingerprint density at radius 2 is 1.75 bits per heavy atom. The van der Waals surface area contributed by atoms with E-state index in [2.05, 4.69) is 13.8 Å². The summed E-state index contributed by atoms with van der Waals surface area (Å²) in [7, 11) is 0. The highest BCUT2D eigenvalue weighted by atomic mass is 35.5. The molecule has 0 spiro atoms. The third kappa shape index (κ3) is 3.36. The van der Waals surface area contributed by atoms with Crippen molar-refractivity contribution in [3.63, 3.8) is 0 Å². The van der Waals surface area contributed by atoms with Gasteiger partial charge in [0.1, 0.15) is 0 Å². The molecule has 0 N–H and O–H groups in total. The van der Waals surface area contributed by atoms with Crippen molar-refractivity contribution in [1.82, 2.24) is 4.90 Å². The van der Waals surface area contributed by atoms with Crippen LogP contribution < -0.4 is 0 Å². The van der Waals surface area contributed by atoms with Crippen molar-refractivity contribution >= 4 is 35.2 Å². The molecule has 1 saturated heterocycles. The maximum atomic E-state index is 12.4. The Bertz CT molecular complexity index is 497. The quantitative estimate of drug-likeness (QED) is 0.719. The molecule has 0 aromatic heterocycles. The van der Waals surface area contributed by atoms with Gasteiger partial charge in [0.25, 0.3) is 0 Å². The van der Waals surface area contributed by atoms with Crippen molar-refractivity contribution in [2.75, 3.05) is 0 Å². The number of rotatable bonds is 2. The molecule has 108 valence electrons. The van der Waals surface area contributed by atoms with Crippen molar-refractivity contribution in [3.8, 4) is 0 Å². The number of piperidine rings is 1. The fourth-order valence-corrected chi connectivity index (χ4v) is 3.29. The molecular weight excluding hydrogens is 293 g/mol. The number of carbonyl (C=O) groups excluding carboxylic acids is 1. The second-order valence-electron chi connectivity index (χ2n) is 5.34. The van der Waals surface area contributed by atoms with Crippen LogP contribution in [0.5, 0.6) is 0 Å². The van der Waals surface area contributed by atoms with Crippen LogP contribution in [-0.4, -0.2) is 22.9 Å². The molecule has 1 heterocycles. The first-order valence-electron chi connectivity index (χ1n) is 6.95. The average Bonchev–Trinajstić information content (AvgIpc) is 2.38. The third-order valence-electron chi connectivity index (χ3n) is 3.84. The number of benzene rings is 1. The molecule has 0 saturated carbocycles. The molecule has 1 aromatic rings. The molecule has 0 aliphatic carbocycles. The van der Waals surface area contributed by atoms with Gasteiger partial charge in [-0.1, -0.05) is 29.3 Å². The summed E-state index contributed by atoms with van der Waals surface area (Å²) in [6, 6.07) is 5.90. The van der Waals surface area contributed by atoms with E-state index in [9.17, 15) is 4.79 Å². The van der Waals surface area contributed by atoms with Crippen LogP contribution in [0.25, 0.3) is 6.08 Å². The first kappa shape index (κ1) is 15.4. The molecule has 1 fully saturated rings. The molecule has 1 amide bonds. The van der Waals surface area contributed by atoms with Gasteiger partial charge in [-0.05, 0) is 51.3 Å². The first-order valence-corrected chi connectivity index (χ1v) is 7.70. The summed E-state index contributed by atoms with van der Waals surface area (Å²) in [6.45, 7) is 4.20. The van der Waals surface area contributed by atoms with Gasteiger partial charge in [-0.3, -0.25) is 4.79 Å². The molecule has 4 heteroatoms. The summed E-state index contributed by atoms with van der Waals surface area (Å²) in [5.74, 6) is 0.0284. The molecular formula is C16H19Cl2NO. The zero-order valence-electron chi connectivity index (χ0n) is 11.8. The van der Waals surface area contributed by atoms with Crippen molar-refractivity contribution < 1.29 is 4.79 Å². The topological polar surface area (TPSA) is 20.3 Å². The highest BCUT2D eigenvalue weighted by Gasteiger charge is 2.27. The normalized spacial score (nSPS) is 23.3. The molecule has 0 bridgehead atoms. The minimum atomic E-state index is 0.0284. The number of hydrogen-bond donors (Lipinski definition) is 0. The van der Waals surface area contributed by atoms with Crippen LogP contribution in [0.1, 0.15) is 38.7 Å². The van der Waals surface area contributed by atoms with Crippen LogP contribution in [0.2, 0.25) is 10.0 Å². The molecule has 1 aliphatic rings. The van der Waals surface area contributed by atoms with Crippen molar-refractivity contribution in [2.45, 2.75) is 45.2 Å². The van der Waals surface area contributed by atoms with Gasteiger partial charge >= 0.3 is 0 Å². The Morgan fingerprint density at radius 3 is 2.30 bits per heavy atom. The van der Waals surface area contributed by atoms with E-state index in [-0.39, 0.29) is 18.0 Å². The standard InChI is InChI=1S/C16H19Cl2NO/c1-11-5-3-6-12(2)19(11)16(20)10-9-13-14(17)7-4-8-15(13)18/h4,7-12H,3,5-6H2,1-2H3/b10-9+. The zero-order valence-corrected chi connectivity index (χ0v) is 13.3. The van der Waals surface area contributed by atoms with Crippen LogP contribution in [0.15, 0.2) is 24.3 Å². The van der Waals surface area contributed by atoms with Gasteiger partial charge in [-0.15, -0.1) is 0 Å². The molecule has 2 rings (SSSR count). The fraction of sp³-hybridized carbons (Fsp3) is 0.438. The third-order valence-corrected chi connectivity index (χ3v) is 4.50. The number of hydrogen-bond acceptors (Lipinski definition) is 1. The molecule has 1 aliphatic heterocycles. The van der Waals surface area contributed by atoms with Gasteiger partial charge in [0, 0.05) is 33.8 Å². The van der Waals surface area contributed by atoms with Crippen molar-refractivity contribution in [2.24, 2.45) is 0 Å². The van der Waals surface area contributed by atoms with Crippen LogP contribution in [0.3, 0.4) is 0 Å². The van der Waals surface area contributed by atoms with Crippen LogP contribution >= 0.6 is 23.2 Å². The van der Waals surface area contributed by atoms with E-state index < -0.39 is 0 Å². The monoisotopic (exact) mass is 311 g/mol. The molecule has 1 aromatic carbocycles. The van der Waals surface area contributed by atoms with E-state index in [1.807, 2.05) is 4.90 Å². The molecule has 2 unspecified atom stereocenters. The first-order chi connectivity index (χ1) is 9.50. The van der Waals surface area contributed by atoms with E-state index in [1.54, 1.807) is 30.4 Å². The number of likely N-dealkylation sites (tertiary alicyclic amines) is 1. The minimum absolute atomic E-state index is 0.0284. The van der Waals surface area contributed by atoms with Gasteiger partial charge in [0.15, 0.2) is 0 Å². The Morgan fingerprint density at radius 1 is 1.20 bits per heavy atom. The van der Waals surface area contributed by atoms with Crippen LogP contribution in [-0.2, 0) is 4.79 Å². The fourth-order valence-electron chi connectivity index (χ4n) is 2.77. The minimum Gasteiger partial charge on any atom is -0.334 e. The Labute approximate surface area is 130 Å². The van der Waals surface area contributed by atoms with E-state index in [1.165, 1.54) is 6.42 Å². The number of nitrogens with zero attached hydrogens (tertiary/aromatic N) is 1. The van der Waals surface area contributed by atoms with Crippen molar-refractivity contribution in [3.05, 3.63) is 39.9 Å². The molecule has 2 nitrogen and oxygen atoms in total. The Kier molecular flexibility index (Phi) is 5.11. The Hall–Kier alpha value is -0.990. The van der Waals surface area contributed by atoms with E-state index in [0.717, 1.165) is 12.8 Å². The number of amides is 1. The molecule has 20 heavy (non-hydrogen) atoms. The SMILES string of the molecule is CC1CCCC(C)N1C(=O)/C=C/c1c(Cl)cccc1Cl. The van der Waals surface area contributed by atoms with Gasteiger partial charge in [-0.25, -0.2) is 0 Å². The summed E-state index contributed by atoms with van der Waals surface area (Å²) in [6.07, 6.45) is 6.60. The van der Waals surface area contributed by atoms with Gasteiger partial charge in [0.2, 0.25) is 5.91 Å². The summed E-state index contributed by atoms with van der Waals surface area (Å²) in [5, 5.41) is 1.11. The summed E-state index contributed by atoms with van der Waals surface area (Å²) in [5.41, 5.74) is 0.696. The summed E-state index contributed by atoms with van der Waals surface area (Å²) in [4.78, 5) is 14.3.